The van der Waals surface area contributed by atoms with E-state index in [-0.39, 0.29) is 23.8 Å². The molecule has 1 fully saturated rings. The van der Waals surface area contributed by atoms with Crippen molar-refractivity contribution in [1.29, 1.82) is 0 Å². The first-order chi connectivity index (χ1) is 12.1. The quantitative estimate of drug-likeness (QED) is 0.652. The fourth-order valence-corrected chi connectivity index (χ4v) is 4.52. The zero-order valence-corrected chi connectivity index (χ0v) is 15.0. The van der Waals surface area contributed by atoms with E-state index in [0.29, 0.717) is 10.3 Å². The highest BCUT2D eigenvalue weighted by Gasteiger charge is 2.38. The van der Waals surface area contributed by atoms with Gasteiger partial charge in [-0.1, -0.05) is 12.1 Å². The van der Waals surface area contributed by atoms with Gasteiger partial charge in [0.2, 0.25) is 0 Å². The number of halogens is 1. The Balaban J connectivity index is 1.75. The zero-order chi connectivity index (χ0) is 17.6. The number of hydrogen-bond donors (Lipinski definition) is 0. The molecule has 2 heterocycles. The van der Waals surface area contributed by atoms with Crippen LogP contribution in [0.15, 0.2) is 42.6 Å². The molecule has 1 amide bonds. The first-order valence-electron chi connectivity index (χ1n) is 8.49. The van der Waals surface area contributed by atoms with Crippen LogP contribution < -0.4 is 0 Å². The van der Waals surface area contributed by atoms with Crippen molar-refractivity contribution in [2.45, 2.75) is 38.8 Å². The minimum atomic E-state index is -0.263. The molecule has 5 heteroatoms. The van der Waals surface area contributed by atoms with E-state index in [4.69, 9.17) is 0 Å². The highest BCUT2D eigenvalue weighted by atomic mass is 32.1. The van der Waals surface area contributed by atoms with Gasteiger partial charge >= 0.3 is 0 Å². The second kappa shape index (κ2) is 6.23. The lowest BCUT2D eigenvalue weighted by molar-refractivity contribution is 0.0675. The summed E-state index contributed by atoms with van der Waals surface area (Å²) in [4.78, 5) is 20.3. The predicted molar refractivity (Wildman–Crippen MR) is 98.4 cm³/mol. The van der Waals surface area contributed by atoms with Gasteiger partial charge in [-0.15, -0.1) is 11.3 Å². The molecule has 0 N–H and O–H groups in total. The third kappa shape index (κ3) is 2.82. The Labute approximate surface area is 150 Å². The number of thiophene rings is 1. The van der Waals surface area contributed by atoms with Crippen molar-refractivity contribution in [2.24, 2.45) is 0 Å². The van der Waals surface area contributed by atoms with Crippen molar-refractivity contribution in [1.82, 2.24) is 9.88 Å². The fourth-order valence-electron chi connectivity index (χ4n) is 3.35. The summed E-state index contributed by atoms with van der Waals surface area (Å²) >= 11 is 1.38. The Bertz CT molecular complexity index is 934. The van der Waals surface area contributed by atoms with Crippen molar-refractivity contribution in [3.8, 4) is 0 Å². The Morgan fingerprint density at radius 1 is 1.28 bits per heavy atom. The van der Waals surface area contributed by atoms with Crippen molar-refractivity contribution in [2.75, 3.05) is 0 Å². The third-order valence-corrected chi connectivity index (χ3v) is 6.05. The maximum Gasteiger partial charge on any atom is 0.265 e. The van der Waals surface area contributed by atoms with Gasteiger partial charge in [-0.3, -0.25) is 9.78 Å². The molecule has 2 aromatic heterocycles. The topological polar surface area (TPSA) is 33.2 Å². The second-order valence-electron chi connectivity index (χ2n) is 6.54. The largest absolute Gasteiger partial charge is 0.327 e. The van der Waals surface area contributed by atoms with E-state index in [2.05, 4.69) is 4.98 Å². The van der Waals surface area contributed by atoms with Crippen molar-refractivity contribution >= 4 is 27.3 Å². The van der Waals surface area contributed by atoms with Crippen LogP contribution in [0.1, 0.15) is 46.7 Å². The number of nitrogens with zero attached hydrogens (tertiary/aromatic N) is 2. The Hall–Kier alpha value is -2.27. The van der Waals surface area contributed by atoms with Gasteiger partial charge in [0.05, 0.1) is 16.6 Å². The van der Waals surface area contributed by atoms with Gasteiger partial charge in [0.1, 0.15) is 5.82 Å². The molecule has 0 aliphatic heterocycles. The predicted octanol–water partition coefficient (Wildman–Crippen LogP) is 5.11. The van der Waals surface area contributed by atoms with Gasteiger partial charge in [-0.2, -0.15) is 0 Å². The number of fused-ring (bicyclic) bond motifs is 1. The molecule has 0 bridgehead atoms. The summed E-state index contributed by atoms with van der Waals surface area (Å²) in [6.07, 6.45) is 3.78. The lowest BCUT2D eigenvalue weighted by Gasteiger charge is -2.29. The summed E-state index contributed by atoms with van der Waals surface area (Å²) < 4.78 is 15.0. The molecule has 1 aliphatic rings. The number of amides is 1. The van der Waals surface area contributed by atoms with E-state index < -0.39 is 0 Å². The molecular weight excluding hydrogens is 335 g/mol. The number of rotatable bonds is 4. The Kier molecular flexibility index (Phi) is 4.04. The van der Waals surface area contributed by atoms with Crippen LogP contribution in [0.2, 0.25) is 0 Å². The highest BCUT2D eigenvalue weighted by molar-refractivity contribution is 7.21. The zero-order valence-electron chi connectivity index (χ0n) is 14.2. The molecule has 4 rings (SSSR count). The standard InChI is InChI=1S/C20H19FN2OS/c1-12-18-15(21)6-5-8-17(18)25-19(12)20(24)23(14-9-10-14)13(2)16-7-3-4-11-22-16/h3-8,11,13-14H,9-10H2,1-2H3. The van der Waals surface area contributed by atoms with Gasteiger partial charge in [0, 0.05) is 22.3 Å². The molecule has 1 atom stereocenters. The van der Waals surface area contributed by atoms with Crippen LogP contribution in [0.3, 0.4) is 0 Å². The SMILES string of the molecule is Cc1c(C(=O)N(C2CC2)C(C)c2ccccn2)sc2cccc(F)c12. The summed E-state index contributed by atoms with van der Waals surface area (Å²) in [6, 6.07) is 10.9. The second-order valence-corrected chi connectivity index (χ2v) is 7.60. The Morgan fingerprint density at radius 2 is 2.08 bits per heavy atom. The lowest BCUT2D eigenvalue weighted by Crippen LogP contribution is -2.35. The molecule has 1 saturated carbocycles. The van der Waals surface area contributed by atoms with Crippen LogP contribution in [0.5, 0.6) is 0 Å². The van der Waals surface area contributed by atoms with Gasteiger partial charge < -0.3 is 4.90 Å². The minimum absolute atomic E-state index is 0.0150. The van der Waals surface area contributed by atoms with Crippen LogP contribution in [0, 0.1) is 12.7 Å². The summed E-state index contributed by atoms with van der Waals surface area (Å²) in [5.74, 6) is -0.278. The van der Waals surface area contributed by atoms with Gasteiger partial charge in [-0.05, 0) is 56.5 Å². The number of pyridine rings is 1. The number of aryl methyl sites for hydroxylation is 1. The highest BCUT2D eigenvalue weighted by Crippen LogP contribution is 2.39. The molecule has 1 unspecified atom stereocenters. The third-order valence-electron chi connectivity index (χ3n) is 4.81. The average molecular weight is 354 g/mol. The normalized spacial score (nSPS) is 15.3. The maximum absolute atomic E-state index is 14.2. The number of benzene rings is 1. The Morgan fingerprint density at radius 3 is 2.72 bits per heavy atom. The lowest BCUT2D eigenvalue weighted by atomic mass is 10.1. The van der Waals surface area contributed by atoms with E-state index in [1.807, 2.05) is 43.0 Å². The van der Waals surface area contributed by atoms with Crippen LogP contribution in [0.4, 0.5) is 4.39 Å². The van der Waals surface area contributed by atoms with Crippen LogP contribution in [0.25, 0.3) is 10.1 Å². The molecular formula is C20H19FN2OS. The monoisotopic (exact) mass is 354 g/mol. The maximum atomic E-state index is 14.2. The smallest absolute Gasteiger partial charge is 0.265 e. The van der Waals surface area contributed by atoms with Crippen LogP contribution in [-0.4, -0.2) is 21.8 Å². The molecule has 0 radical (unpaired) electrons. The average Bonchev–Trinajstić information content (AvgIpc) is 3.39. The van der Waals surface area contributed by atoms with E-state index in [9.17, 15) is 9.18 Å². The number of hydrogen-bond acceptors (Lipinski definition) is 3. The number of carbonyl (C=O) groups excluding carboxylic acids is 1. The summed E-state index contributed by atoms with van der Waals surface area (Å²) in [5, 5.41) is 0.567. The van der Waals surface area contributed by atoms with E-state index in [0.717, 1.165) is 28.8 Å². The summed E-state index contributed by atoms with van der Waals surface area (Å²) in [7, 11) is 0. The molecule has 1 aromatic carbocycles. The molecule has 3 nitrogen and oxygen atoms in total. The van der Waals surface area contributed by atoms with Crippen LogP contribution >= 0.6 is 11.3 Å². The first-order valence-corrected chi connectivity index (χ1v) is 9.30. The minimum Gasteiger partial charge on any atom is -0.327 e. The first kappa shape index (κ1) is 16.2. The van der Waals surface area contributed by atoms with E-state index in [1.54, 1.807) is 12.3 Å². The van der Waals surface area contributed by atoms with Crippen molar-refractivity contribution in [3.05, 3.63) is 64.5 Å². The molecule has 128 valence electrons. The molecule has 0 saturated heterocycles. The fraction of sp³-hybridized carbons (Fsp3) is 0.300. The number of carbonyl (C=O) groups is 1. The molecule has 0 spiro atoms. The molecule has 1 aliphatic carbocycles. The van der Waals surface area contributed by atoms with E-state index in [1.165, 1.54) is 17.4 Å². The molecule has 3 aromatic rings. The summed E-state index contributed by atoms with van der Waals surface area (Å²) in [5.41, 5.74) is 1.62. The van der Waals surface area contributed by atoms with Gasteiger partial charge in [0.25, 0.3) is 5.91 Å². The summed E-state index contributed by atoms with van der Waals surface area (Å²) in [6.45, 7) is 3.85. The van der Waals surface area contributed by atoms with Gasteiger partial charge in [0.15, 0.2) is 0 Å². The molecule has 25 heavy (non-hydrogen) atoms. The van der Waals surface area contributed by atoms with Crippen LogP contribution in [-0.2, 0) is 0 Å². The van der Waals surface area contributed by atoms with E-state index >= 15 is 0 Å². The van der Waals surface area contributed by atoms with Crippen molar-refractivity contribution < 1.29 is 9.18 Å². The van der Waals surface area contributed by atoms with Crippen molar-refractivity contribution in [3.63, 3.8) is 0 Å². The van der Waals surface area contributed by atoms with Gasteiger partial charge in [-0.25, -0.2) is 4.39 Å². The number of aromatic nitrogens is 1.